The molecule has 0 aliphatic heterocycles. The number of hydrogen-bond acceptors (Lipinski definition) is 6. The van der Waals surface area contributed by atoms with E-state index in [-0.39, 0.29) is 47.8 Å². The van der Waals surface area contributed by atoms with Gasteiger partial charge in [0.05, 0.1) is 12.8 Å². The molecule has 0 aromatic rings. The molecule has 48 heavy (non-hydrogen) atoms. The summed E-state index contributed by atoms with van der Waals surface area (Å²) < 4.78 is 12.5. The van der Waals surface area contributed by atoms with Crippen molar-refractivity contribution in [1.82, 2.24) is 0 Å². The van der Waals surface area contributed by atoms with E-state index in [0.29, 0.717) is 83.6 Å². The molecule has 0 amide bonds. The van der Waals surface area contributed by atoms with Gasteiger partial charge in [0, 0.05) is 23.7 Å². The molecule has 8 unspecified atom stereocenters. The Kier molecular flexibility index (Phi) is 8.38. The highest BCUT2D eigenvalue weighted by molar-refractivity contribution is 5.91. The maximum atomic E-state index is 13.3. The molecule has 0 radical (unpaired) electrons. The zero-order valence-electron chi connectivity index (χ0n) is 29.8. The number of ether oxygens (including phenoxy) is 2. The number of hydrogen-bond donors (Lipinski definition) is 0. The summed E-state index contributed by atoms with van der Waals surface area (Å²) in [5.41, 5.74) is 2.77. The molecule has 0 aromatic carbocycles. The highest BCUT2D eigenvalue weighted by Gasteiger charge is 2.61. The number of ketones is 2. The van der Waals surface area contributed by atoms with Gasteiger partial charge in [-0.05, 0) is 148 Å². The fraction of sp³-hybridized carbons (Fsp3) is 0.810. The Morgan fingerprint density at radius 3 is 1.46 bits per heavy atom. The molecule has 0 saturated heterocycles. The molecule has 262 valence electrons. The smallest absolute Gasteiger partial charge is 0.306 e. The summed E-state index contributed by atoms with van der Waals surface area (Å²) in [6.45, 7) is 9.52. The zero-order chi connectivity index (χ0) is 33.5. The van der Waals surface area contributed by atoms with Crippen LogP contribution in [0.3, 0.4) is 0 Å². The van der Waals surface area contributed by atoms with E-state index in [1.807, 2.05) is 12.2 Å². The van der Waals surface area contributed by atoms with Crippen molar-refractivity contribution in [2.24, 2.45) is 70.0 Å². The minimum atomic E-state index is -0.255. The molecule has 14 atom stereocenters. The maximum absolute atomic E-state index is 13.3. The van der Waals surface area contributed by atoms with Crippen LogP contribution in [-0.2, 0) is 28.7 Å². The van der Waals surface area contributed by atoms with Crippen LogP contribution in [0.15, 0.2) is 23.3 Å². The van der Waals surface area contributed by atoms with E-state index in [4.69, 9.17) is 9.47 Å². The maximum Gasteiger partial charge on any atom is 0.306 e. The lowest BCUT2D eigenvalue weighted by atomic mass is 9.49. The molecule has 6 fully saturated rings. The predicted octanol–water partition coefficient (Wildman–Crippen LogP) is 8.37. The van der Waals surface area contributed by atoms with Gasteiger partial charge in [-0.15, -0.1) is 0 Å². The van der Waals surface area contributed by atoms with Crippen LogP contribution in [0.25, 0.3) is 0 Å². The lowest BCUT2D eigenvalue weighted by Gasteiger charge is -2.56. The van der Waals surface area contributed by atoms with Gasteiger partial charge in [0.15, 0.2) is 11.6 Å². The predicted molar refractivity (Wildman–Crippen MR) is 182 cm³/mol. The van der Waals surface area contributed by atoms with Gasteiger partial charge in [-0.2, -0.15) is 0 Å². The highest BCUT2D eigenvalue weighted by atomic mass is 16.6. The Labute approximate surface area is 287 Å². The van der Waals surface area contributed by atoms with Crippen LogP contribution in [0.2, 0.25) is 0 Å². The van der Waals surface area contributed by atoms with Crippen molar-refractivity contribution in [2.75, 3.05) is 0 Å². The van der Waals surface area contributed by atoms with Gasteiger partial charge in [0.2, 0.25) is 0 Å². The standard InChI is InChI=1S/C42H58O6/c1-23-21-41(3)33(31-9-5-25-19-27(43)7-11-29(25)39(23)31)13-15-35(41)47-37(45)17-18-38(46)48-36-16-14-34-32-10-6-26-20-28(44)8-12-30(26)40(32)24(2)22-42(34,36)4/h19-20,23-24,29-36,39-40H,5-18,21-22H2,1-4H3/t23-,24+,29?,30?,31?,32?,33?,34?,35-,36+,39?,40?,41-,42+. The van der Waals surface area contributed by atoms with E-state index in [9.17, 15) is 19.2 Å². The highest BCUT2D eigenvalue weighted by Crippen LogP contribution is 2.65. The van der Waals surface area contributed by atoms with Crippen molar-refractivity contribution in [1.29, 1.82) is 0 Å². The van der Waals surface area contributed by atoms with Crippen LogP contribution in [0.5, 0.6) is 0 Å². The van der Waals surface area contributed by atoms with Crippen molar-refractivity contribution in [3.8, 4) is 0 Å². The summed E-state index contributed by atoms with van der Waals surface area (Å²) in [6, 6.07) is 0. The van der Waals surface area contributed by atoms with Crippen molar-refractivity contribution in [3.63, 3.8) is 0 Å². The van der Waals surface area contributed by atoms with Crippen LogP contribution < -0.4 is 0 Å². The Morgan fingerprint density at radius 2 is 1.04 bits per heavy atom. The van der Waals surface area contributed by atoms with Gasteiger partial charge < -0.3 is 9.47 Å². The molecule has 8 aliphatic carbocycles. The number of allylic oxidation sites excluding steroid dienone is 2. The van der Waals surface area contributed by atoms with E-state index in [1.165, 1.54) is 11.1 Å². The van der Waals surface area contributed by atoms with Crippen molar-refractivity contribution >= 4 is 23.5 Å². The number of carbonyl (C=O) groups is 4. The first-order valence-electron chi connectivity index (χ1n) is 19.8. The van der Waals surface area contributed by atoms with Crippen LogP contribution in [0.1, 0.15) is 130 Å². The first-order chi connectivity index (χ1) is 23.0. The van der Waals surface area contributed by atoms with Crippen LogP contribution in [0.4, 0.5) is 0 Å². The number of carbonyl (C=O) groups excluding carboxylic acids is 4. The summed E-state index contributed by atoms with van der Waals surface area (Å²) in [6.07, 6.45) is 17.9. The summed E-state index contributed by atoms with van der Waals surface area (Å²) in [4.78, 5) is 50.8. The van der Waals surface area contributed by atoms with Crippen LogP contribution in [0, 0.1) is 70.0 Å². The molecule has 0 bridgehead atoms. The number of rotatable bonds is 5. The third kappa shape index (κ3) is 5.31. The van der Waals surface area contributed by atoms with Crippen molar-refractivity contribution in [3.05, 3.63) is 23.3 Å². The van der Waals surface area contributed by atoms with E-state index in [0.717, 1.165) is 77.0 Å². The third-order valence-electron chi connectivity index (χ3n) is 16.1. The minimum Gasteiger partial charge on any atom is -0.462 e. The van der Waals surface area contributed by atoms with Gasteiger partial charge in [-0.1, -0.05) is 38.8 Å². The first-order valence-corrected chi connectivity index (χ1v) is 19.8. The van der Waals surface area contributed by atoms with Gasteiger partial charge in [-0.25, -0.2) is 0 Å². The molecular formula is C42H58O6. The molecule has 0 N–H and O–H groups in total. The second-order valence-corrected chi connectivity index (χ2v) is 18.4. The average molecular weight is 659 g/mol. The lowest BCUT2D eigenvalue weighted by Crippen LogP contribution is -2.51. The molecule has 0 heterocycles. The van der Waals surface area contributed by atoms with Crippen LogP contribution >= 0.6 is 0 Å². The zero-order valence-corrected chi connectivity index (χ0v) is 29.8. The van der Waals surface area contributed by atoms with Crippen molar-refractivity contribution in [2.45, 2.75) is 143 Å². The summed E-state index contributed by atoms with van der Waals surface area (Å²) in [7, 11) is 0. The van der Waals surface area contributed by atoms with E-state index < -0.39 is 0 Å². The molecular weight excluding hydrogens is 600 g/mol. The second kappa shape index (κ2) is 12.2. The topological polar surface area (TPSA) is 86.7 Å². The normalized spacial score (nSPS) is 47.7. The molecule has 0 aromatic heterocycles. The summed E-state index contributed by atoms with van der Waals surface area (Å²) in [5.74, 6) is 5.98. The van der Waals surface area contributed by atoms with Gasteiger partial charge in [0.25, 0.3) is 0 Å². The summed E-state index contributed by atoms with van der Waals surface area (Å²) >= 11 is 0. The SMILES string of the molecule is C[C@@H]1C[C@]2(C)C(CC[C@H]2OC(=O)CCC(=O)O[C@H]2CCC3C4CCC5=CC(=O)CCC5C4[C@@H](C)C[C@@]32C)C2CCC3=CC(=O)CCC3C21. The quantitative estimate of drug-likeness (QED) is 0.276. The Bertz CT molecular complexity index is 1320. The average Bonchev–Trinajstić information content (AvgIpc) is 3.54. The Morgan fingerprint density at radius 1 is 0.625 bits per heavy atom. The Hall–Kier alpha value is -2.24. The van der Waals surface area contributed by atoms with Gasteiger partial charge >= 0.3 is 11.9 Å². The Balaban J connectivity index is 0.857. The molecule has 6 saturated carbocycles. The van der Waals surface area contributed by atoms with Crippen molar-refractivity contribution < 1.29 is 28.7 Å². The second-order valence-electron chi connectivity index (χ2n) is 18.4. The van der Waals surface area contributed by atoms with E-state index >= 15 is 0 Å². The molecule has 6 nitrogen and oxygen atoms in total. The van der Waals surface area contributed by atoms with Crippen LogP contribution in [-0.4, -0.2) is 35.7 Å². The van der Waals surface area contributed by atoms with Gasteiger partial charge in [0.1, 0.15) is 12.2 Å². The third-order valence-corrected chi connectivity index (χ3v) is 16.1. The first kappa shape index (κ1) is 32.9. The molecule has 0 spiro atoms. The monoisotopic (exact) mass is 658 g/mol. The molecule has 6 heteroatoms. The fourth-order valence-corrected chi connectivity index (χ4v) is 14.5. The minimum absolute atomic E-state index is 0.0196. The van der Waals surface area contributed by atoms with Gasteiger partial charge in [-0.3, -0.25) is 19.2 Å². The molecule has 8 aliphatic rings. The van der Waals surface area contributed by atoms with E-state index in [2.05, 4.69) is 27.7 Å². The lowest BCUT2D eigenvalue weighted by molar-refractivity contribution is -0.167. The number of fused-ring (bicyclic) bond motifs is 10. The number of esters is 2. The van der Waals surface area contributed by atoms with E-state index in [1.54, 1.807) is 0 Å². The largest absolute Gasteiger partial charge is 0.462 e. The fourth-order valence-electron chi connectivity index (χ4n) is 14.5. The summed E-state index contributed by atoms with van der Waals surface area (Å²) in [5, 5.41) is 0. The molecule has 8 rings (SSSR count).